The highest BCUT2D eigenvalue weighted by atomic mass is 35.5. The first kappa shape index (κ1) is 17.8. The highest BCUT2D eigenvalue weighted by Gasteiger charge is 2.34. The molecule has 0 atom stereocenters. The minimum Gasteiger partial charge on any atom is -0.465 e. The lowest BCUT2D eigenvalue weighted by atomic mass is 10.0. The fourth-order valence-corrected chi connectivity index (χ4v) is 2.43. The number of halogens is 6. The second kappa shape index (κ2) is 6.55. The van der Waals surface area contributed by atoms with Gasteiger partial charge in [0, 0.05) is 5.56 Å². The highest BCUT2D eigenvalue weighted by Crippen LogP contribution is 2.39. The van der Waals surface area contributed by atoms with E-state index < -0.39 is 17.8 Å². The third-order valence-electron chi connectivity index (χ3n) is 2.88. The summed E-state index contributed by atoms with van der Waals surface area (Å²) in [4.78, 5) is 15.3. The first-order chi connectivity index (χ1) is 10.7. The van der Waals surface area contributed by atoms with Gasteiger partial charge in [-0.3, -0.25) is 0 Å². The summed E-state index contributed by atoms with van der Waals surface area (Å²) in [6.07, 6.45) is -4.69. The van der Waals surface area contributed by atoms with Crippen LogP contribution in [0.4, 0.5) is 13.2 Å². The molecule has 3 nitrogen and oxygen atoms in total. The van der Waals surface area contributed by atoms with Gasteiger partial charge in [0.15, 0.2) is 0 Å². The Bertz CT molecular complexity index is 779. The first-order valence-corrected chi connectivity index (χ1v) is 7.10. The number of ether oxygens (including phenoxy) is 1. The third-order valence-corrected chi connectivity index (χ3v) is 4.17. The molecule has 0 N–H and O–H groups in total. The van der Waals surface area contributed by atoms with E-state index in [2.05, 4.69) is 9.72 Å². The zero-order valence-electron chi connectivity index (χ0n) is 11.3. The SMILES string of the molecule is COC(=O)c1ccc(C(F)(F)F)nc1-c1ccc(Cl)c(Cl)c1Cl. The Balaban J connectivity index is 2.77. The van der Waals surface area contributed by atoms with Crippen molar-refractivity contribution < 1.29 is 22.7 Å². The minimum absolute atomic E-state index is 0.0348. The molecule has 2 rings (SSSR count). The van der Waals surface area contributed by atoms with Crippen LogP contribution in [0.2, 0.25) is 15.1 Å². The number of rotatable bonds is 2. The molecule has 2 aromatic rings. The third kappa shape index (κ3) is 3.54. The van der Waals surface area contributed by atoms with Gasteiger partial charge in [0.05, 0.1) is 33.4 Å². The lowest BCUT2D eigenvalue weighted by molar-refractivity contribution is -0.141. The Morgan fingerprint density at radius 2 is 1.74 bits per heavy atom. The van der Waals surface area contributed by atoms with Crippen molar-refractivity contribution in [2.45, 2.75) is 6.18 Å². The molecule has 1 aromatic carbocycles. The van der Waals surface area contributed by atoms with Crippen molar-refractivity contribution in [3.05, 3.63) is 50.6 Å². The van der Waals surface area contributed by atoms with E-state index in [0.717, 1.165) is 13.2 Å². The van der Waals surface area contributed by atoms with E-state index >= 15 is 0 Å². The lowest BCUT2D eigenvalue weighted by Gasteiger charge is -2.13. The number of carbonyl (C=O) groups excluding carboxylic acids is 1. The van der Waals surface area contributed by atoms with Gasteiger partial charge in [0.25, 0.3) is 0 Å². The number of carbonyl (C=O) groups is 1. The van der Waals surface area contributed by atoms with Crippen LogP contribution in [0, 0.1) is 0 Å². The molecule has 0 spiro atoms. The molecule has 0 radical (unpaired) electrons. The Morgan fingerprint density at radius 1 is 1.09 bits per heavy atom. The number of hydrogen-bond donors (Lipinski definition) is 0. The van der Waals surface area contributed by atoms with Gasteiger partial charge in [-0.15, -0.1) is 0 Å². The van der Waals surface area contributed by atoms with Crippen LogP contribution in [-0.2, 0) is 10.9 Å². The molecule has 23 heavy (non-hydrogen) atoms. The quantitative estimate of drug-likeness (QED) is 0.506. The van der Waals surface area contributed by atoms with E-state index in [0.29, 0.717) is 6.07 Å². The van der Waals surface area contributed by atoms with E-state index in [1.165, 1.54) is 12.1 Å². The molecule has 0 unspecified atom stereocenters. The molecule has 0 aliphatic rings. The van der Waals surface area contributed by atoms with Crippen molar-refractivity contribution in [1.82, 2.24) is 4.98 Å². The molecule has 1 heterocycles. The van der Waals surface area contributed by atoms with Gasteiger partial charge in [0.1, 0.15) is 5.69 Å². The fourth-order valence-electron chi connectivity index (χ4n) is 1.81. The van der Waals surface area contributed by atoms with E-state index in [9.17, 15) is 18.0 Å². The molecule has 0 amide bonds. The van der Waals surface area contributed by atoms with Crippen LogP contribution in [0.25, 0.3) is 11.3 Å². The Kier molecular flexibility index (Phi) is 5.08. The topological polar surface area (TPSA) is 39.2 Å². The molecule has 0 bridgehead atoms. The summed E-state index contributed by atoms with van der Waals surface area (Å²) < 4.78 is 43.2. The maximum atomic E-state index is 12.9. The number of aromatic nitrogens is 1. The average molecular weight is 385 g/mol. The normalized spacial score (nSPS) is 11.4. The van der Waals surface area contributed by atoms with Crippen LogP contribution < -0.4 is 0 Å². The maximum absolute atomic E-state index is 12.9. The van der Waals surface area contributed by atoms with Crippen LogP contribution in [0.15, 0.2) is 24.3 Å². The van der Waals surface area contributed by atoms with Gasteiger partial charge in [0.2, 0.25) is 0 Å². The largest absolute Gasteiger partial charge is 0.465 e. The summed E-state index contributed by atoms with van der Waals surface area (Å²) in [5.41, 5.74) is -1.62. The van der Waals surface area contributed by atoms with Crippen LogP contribution >= 0.6 is 34.8 Å². The van der Waals surface area contributed by atoms with E-state index in [1.807, 2.05) is 0 Å². The predicted molar refractivity (Wildman–Crippen MR) is 81.0 cm³/mol. The van der Waals surface area contributed by atoms with E-state index in [4.69, 9.17) is 34.8 Å². The maximum Gasteiger partial charge on any atom is 0.433 e. The number of alkyl halides is 3. The zero-order valence-corrected chi connectivity index (χ0v) is 13.6. The number of esters is 1. The van der Waals surface area contributed by atoms with Crippen molar-refractivity contribution >= 4 is 40.8 Å². The molecule has 9 heteroatoms. The Morgan fingerprint density at radius 3 is 2.30 bits per heavy atom. The van der Waals surface area contributed by atoms with Crippen molar-refractivity contribution in [3.63, 3.8) is 0 Å². The summed E-state index contributed by atoms with van der Waals surface area (Å²) in [7, 11) is 1.10. The predicted octanol–water partition coefficient (Wildman–Crippen LogP) is 5.51. The Labute approximate surface area is 143 Å². The molecular weight excluding hydrogens is 378 g/mol. The van der Waals surface area contributed by atoms with Gasteiger partial charge in [-0.2, -0.15) is 13.2 Å². The lowest BCUT2D eigenvalue weighted by Crippen LogP contribution is -2.12. The summed E-state index contributed by atoms with van der Waals surface area (Å²) in [6, 6.07) is 4.32. The van der Waals surface area contributed by atoms with Crippen LogP contribution in [0.1, 0.15) is 16.1 Å². The molecule has 122 valence electrons. The van der Waals surface area contributed by atoms with Crippen molar-refractivity contribution in [1.29, 1.82) is 0 Å². The summed E-state index contributed by atoms with van der Waals surface area (Å²) in [5, 5.41) is -0.0518. The summed E-state index contributed by atoms with van der Waals surface area (Å²) >= 11 is 17.7. The van der Waals surface area contributed by atoms with Crippen molar-refractivity contribution in [2.75, 3.05) is 7.11 Å². The summed E-state index contributed by atoms with van der Waals surface area (Å²) in [5.74, 6) is -0.858. The number of methoxy groups -OCH3 is 1. The standard InChI is InChI=1S/C14H7Cl3F3NO2/c1-23-13(22)7-3-5-9(14(18,19)20)21-12(7)6-2-4-8(15)11(17)10(6)16/h2-5H,1H3. The average Bonchev–Trinajstić information content (AvgIpc) is 2.50. The van der Waals surface area contributed by atoms with Crippen LogP contribution in [0.5, 0.6) is 0 Å². The van der Waals surface area contributed by atoms with Gasteiger partial charge < -0.3 is 4.74 Å². The number of benzene rings is 1. The van der Waals surface area contributed by atoms with E-state index in [-0.39, 0.29) is 31.9 Å². The fraction of sp³-hybridized carbons (Fsp3) is 0.143. The van der Waals surface area contributed by atoms with Gasteiger partial charge in [-0.1, -0.05) is 34.8 Å². The second-order valence-corrected chi connectivity index (χ2v) is 5.47. The molecule has 0 saturated carbocycles. The van der Waals surface area contributed by atoms with E-state index in [1.54, 1.807) is 0 Å². The van der Waals surface area contributed by atoms with Crippen LogP contribution in [0.3, 0.4) is 0 Å². The molecule has 0 aliphatic carbocycles. The van der Waals surface area contributed by atoms with Crippen molar-refractivity contribution in [3.8, 4) is 11.3 Å². The summed E-state index contributed by atoms with van der Waals surface area (Å²) in [6.45, 7) is 0. The molecule has 1 aromatic heterocycles. The molecule has 0 saturated heterocycles. The van der Waals surface area contributed by atoms with Crippen molar-refractivity contribution in [2.24, 2.45) is 0 Å². The number of pyridine rings is 1. The minimum atomic E-state index is -4.69. The molecule has 0 aliphatic heterocycles. The van der Waals surface area contributed by atoms with Crippen LogP contribution in [-0.4, -0.2) is 18.1 Å². The smallest absolute Gasteiger partial charge is 0.433 e. The van der Waals surface area contributed by atoms with Gasteiger partial charge in [-0.25, -0.2) is 9.78 Å². The number of hydrogen-bond acceptors (Lipinski definition) is 3. The zero-order chi connectivity index (χ0) is 17.4. The first-order valence-electron chi connectivity index (χ1n) is 5.97. The highest BCUT2D eigenvalue weighted by molar-refractivity contribution is 6.49. The molecule has 0 fully saturated rings. The second-order valence-electron chi connectivity index (χ2n) is 4.30. The Hall–Kier alpha value is -1.50. The number of nitrogens with zero attached hydrogens (tertiary/aromatic N) is 1. The monoisotopic (exact) mass is 383 g/mol. The van der Waals surface area contributed by atoms with Gasteiger partial charge >= 0.3 is 12.1 Å². The van der Waals surface area contributed by atoms with Gasteiger partial charge in [-0.05, 0) is 24.3 Å². The molecular formula is C14H7Cl3F3NO2.